The summed E-state index contributed by atoms with van der Waals surface area (Å²) in [6, 6.07) is 7.64. The molecular formula is C21H21BrN4O6S. The van der Waals surface area contributed by atoms with E-state index in [2.05, 4.69) is 26.6 Å². The average Bonchev–Trinajstić information content (AvgIpc) is 3.44. The van der Waals surface area contributed by atoms with Gasteiger partial charge < -0.3 is 20.3 Å². The van der Waals surface area contributed by atoms with Crippen LogP contribution in [0, 0.1) is 10.1 Å². The van der Waals surface area contributed by atoms with Crippen LogP contribution in [-0.2, 0) is 14.3 Å². The van der Waals surface area contributed by atoms with Crippen LogP contribution in [-0.4, -0.2) is 47.9 Å². The van der Waals surface area contributed by atoms with Crippen LogP contribution in [0.15, 0.2) is 34.1 Å². The zero-order valence-corrected chi connectivity index (χ0v) is 19.9. The Balaban J connectivity index is 1.56. The van der Waals surface area contributed by atoms with Crippen LogP contribution in [0.5, 0.6) is 0 Å². The number of rotatable bonds is 6. The number of nitro groups is 1. The van der Waals surface area contributed by atoms with Gasteiger partial charge in [0.15, 0.2) is 0 Å². The summed E-state index contributed by atoms with van der Waals surface area (Å²) in [4.78, 5) is 51.0. The summed E-state index contributed by atoms with van der Waals surface area (Å²) in [6.07, 6.45) is 2.50. The lowest BCUT2D eigenvalue weighted by Gasteiger charge is -2.29. The second kappa shape index (κ2) is 9.57. The van der Waals surface area contributed by atoms with E-state index in [4.69, 9.17) is 4.74 Å². The number of thiophene rings is 1. The van der Waals surface area contributed by atoms with Crippen molar-refractivity contribution in [2.75, 3.05) is 30.0 Å². The second-order valence-electron chi connectivity index (χ2n) is 7.86. The summed E-state index contributed by atoms with van der Waals surface area (Å²) >= 11 is 4.60. The van der Waals surface area contributed by atoms with Crippen LogP contribution in [0.25, 0.3) is 0 Å². The highest BCUT2D eigenvalue weighted by Gasteiger charge is 2.43. The summed E-state index contributed by atoms with van der Waals surface area (Å²) in [5, 5.41) is 17.3. The summed E-state index contributed by atoms with van der Waals surface area (Å²) in [5.74, 6) is -1.13. The summed E-state index contributed by atoms with van der Waals surface area (Å²) < 4.78 is 5.90. The zero-order valence-electron chi connectivity index (χ0n) is 17.5. The SMILES string of the molecule is O=C(NC1(C(=O)Nc2ccc(N3CCOCC3=O)c([N+](=O)[O-])c2)CCCC1)c1ccc(Br)s1. The average molecular weight is 537 g/mol. The number of morpholine rings is 1. The molecule has 2 aliphatic rings. The van der Waals surface area contributed by atoms with Crippen LogP contribution in [0.1, 0.15) is 35.4 Å². The van der Waals surface area contributed by atoms with Crippen molar-refractivity contribution < 1.29 is 24.0 Å². The number of nitro benzene ring substituents is 1. The van der Waals surface area contributed by atoms with Gasteiger partial charge in [0.1, 0.15) is 17.8 Å². The second-order valence-corrected chi connectivity index (χ2v) is 10.3. The van der Waals surface area contributed by atoms with E-state index < -0.39 is 16.4 Å². The summed E-state index contributed by atoms with van der Waals surface area (Å²) in [5.41, 5.74) is -1.02. The largest absolute Gasteiger partial charge is 0.370 e. The van der Waals surface area contributed by atoms with Gasteiger partial charge in [-0.05, 0) is 53.0 Å². The molecule has 0 unspecified atom stereocenters. The fourth-order valence-corrected chi connectivity index (χ4v) is 5.38. The lowest BCUT2D eigenvalue weighted by molar-refractivity contribution is -0.384. The highest BCUT2D eigenvalue weighted by molar-refractivity contribution is 9.11. The quantitative estimate of drug-likeness (QED) is 0.429. The molecule has 1 aromatic heterocycles. The smallest absolute Gasteiger partial charge is 0.295 e. The van der Waals surface area contributed by atoms with Crippen LogP contribution in [0.3, 0.4) is 0 Å². The highest BCUT2D eigenvalue weighted by Crippen LogP contribution is 2.35. The molecule has 33 heavy (non-hydrogen) atoms. The molecule has 2 aromatic rings. The number of hydrogen-bond donors (Lipinski definition) is 2. The number of nitrogens with zero attached hydrogens (tertiary/aromatic N) is 2. The fourth-order valence-electron chi connectivity index (χ4n) is 4.10. The third-order valence-electron chi connectivity index (χ3n) is 5.75. The van der Waals surface area contributed by atoms with Gasteiger partial charge in [-0.3, -0.25) is 24.5 Å². The topological polar surface area (TPSA) is 131 Å². The standard InChI is InChI=1S/C21H21BrN4O6S/c22-17-6-5-16(33-17)19(28)24-21(7-1-2-8-21)20(29)23-13-3-4-14(15(11-13)26(30)31)25-9-10-32-12-18(25)27/h3-6,11H,1-2,7-10,12H2,(H,23,29)(H,24,28). The molecular weight excluding hydrogens is 516 g/mol. The molecule has 4 rings (SSSR count). The number of amides is 3. The van der Waals surface area contributed by atoms with E-state index in [9.17, 15) is 24.5 Å². The Bertz CT molecular complexity index is 1110. The zero-order chi connectivity index (χ0) is 23.6. The monoisotopic (exact) mass is 536 g/mol. The number of hydrogen-bond acceptors (Lipinski definition) is 7. The van der Waals surface area contributed by atoms with E-state index in [1.165, 1.54) is 34.4 Å². The molecule has 0 radical (unpaired) electrons. The van der Waals surface area contributed by atoms with Gasteiger partial charge in [0.2, 0.25) is 5.91 Å². The molecule has 1 saturated carbocycles. The maximum absolute atomic E-state index is 13.2. The van der Waals surface area contributed by atoms with Gasteiger partial charge in [-0.1, -0.05) is 12.8 Å². The first-order valence-corrected chi connectivity index (χ1v) is 12.0. The van der Waals surface area contributed by atoms with Gasteiger partial charge in [0.05, 0.1) is 20.2 Å². The first-order valence-electron chi connectivity index (χ1n) is 10.3. The summed E-state index contributed by atoms with van der Waals surface area (Å²) in [6.45, 7) is 0.350. The minimum atomic E-state index is -1.10. The Kier molecular flexibility index (Phi) is 6.77. The number of carbonyl (C=O) groups is 3. The van der Waals surface area contributed by atoms with Gasteiger partial charge in [-0.2, -0.15) is 0 Å². The predicted molar refractivity (Wildman–Crippen MR) is 126 cm³/mol. The van der Waals surface area contributed by atoms with Crippen molar-refractivity contribution >= 4 is 62.1 Å². The number of benzene rings is 1. The van der Waals surface area contributed by atoms with Gasteiger partial charge in [-0.15, -0.1) is 11.3 Å². The summed E-state index contributed by atoms with van der Waals surface area (Å²) in [7, 11) is 0. The van der Waals surface area contributed by atoms with Gasteiger partial charge >= 0.3 is 0 Å². The Hall–Kier alpha value is -2.83. The maximum Gasteiger partial charge on any atom is 0.295 e. The Morgan fingerprint density at radius 2 is 1.97 bits per heavy atom. The molecule has 10 nitrogen and oxygen atoms in total. The van der Waals surface area contributed by atoms with Crippen molar-refractivity contribution in [3.63, 3.8) is 0 Å². The fraction of sp³-hybridized carbons (Fsp3) is 0.381. The lowest BCUT2D eigenvalue weighted by Crippen LogP contribution is -2.54. The van der Waals surface area contributed by atoms with Crippen molar-refractivity contribution in [2.45, 2.75) is 31.2 Å². The molecule has 2 heterocycles. The molecule has 2 N–H and O–H groups in total. The first kappa shape index (κ1) is 23.3. The highest BCUT2D eigenvalue weighted by atomic mass is 79.9. The van der Waals surface area contributed by atoms with Crippen molar-refractivity contribution in [3.05, 3.63) is 49.1 Å². The van der Waals surface area contributed by atoms with Crippen molar-refractivity contribution in [1.29, 1.82) is 0 Å². The van der Waals surface area contributed by atoms with E-state index in [1.807, 2.05) is 0 Å². The molecule has 12 heteroatoms. The number of nitrogens with one attached hydrogen (secondary N) is 2. The van der Waals surface area contributed by atoms with Crippen molar-refractivity contribution in [2.24, 2.45) is 0 Å². The Labute approximate surface area is 201 Å². The number of carbonyl (C=O) groups excluding carboxylic acids is 3. The minimum absolute atomic E-state index is 0.140. The number of halogens is 1. The van der Waals surface area contributed by atoms with Crippen molar-refractivity contribution in [3.8, 4) is 0 Å². The molecule has 0 bridgehead atoms. The molecule has 1 aliphatic carbocycles. The first-order chi connectivity index (χ1) is 15.8. The Morgan fingerprint density at radius 1 is 1.21 bits per heavy atom. The molecule has 3 amide bonds. The third-order valence-corrected chi connectivity index (χ3v) is 7.37. The third kappa shape index (κ3) is 4.92. The van der Waals surface area contributed by atoms with E-state index >= 15 is 0 Å². The molecule has 174 valence electrons. The normalized spacial score (nSPS) is 17.6. The van der Waals surface area contributed by atoms with Gasteiger partial charge in [0.25, 0.3) is 17.5 Å². The van der Waals surface area contributed by atoms with E-state index in [1.54, 1.807) is 12.1 Å². The van der Waals surface area contributed by atoms with Crippen LogP contribution >= 0.6 is 27.3 Å². The maximum atomic E-state index is 13.2. The molecule has 1 aromatic carbocycles. The minimum Gasteiger partial charge on any atom is -0.370 e. The van der Waals surface area contributed by atoms with Crippen molar-refractivity contribution in [1.82, 2.24) is 5.32 Å². The van der Waals surface area contributed by atoms with E-state index in [0.717, 1.165) is 16.6 Å². The van der Waals surface area contributed by atoms with Crippen LogP contribution < -0.4 is 15.5 Å². The molecule has 0 atom stereocenters. The molecule has 1 saturated heterocycles. The number of anilines is 2. The predicted octanol–water partition coefficient (Wildman–Crippen LogP) is 3.46. The number of ether oxygens (including phenoxy) is 1. The van der Waals surface area contributed by atoms with Gasteiger partial charge in [0, 0.05) is 18.3 Å². The van der Waals surface area contributed by atoms with Crippen LogP contribution in [0.4, 0.5) is 17.1 Å². The van der Waals surface area contributed by atoms with E-state index in [0.29, 0.717) is 17.7 Å². The van der Waals surface area contributed by atoms with Gasteiger partial charge in [-0.25, -0.2) is 0 Å². The Morgan fingerprint density at radius 3 is 2.61 bits per heavy atom. The lowest BCUT2D eigenvalue weighted by atomic mass is 9.95. The molecule has 2 fully saturated rings. The van der Waals surface area contributed by atoms with Crippen LogP contribution in [0.2, 0.25) is 0 Å². The molecule has 0 spiro atoms. The van der Waals surface area contributed by atoms with E-state index in [-0.39, 0.29) is 48.6 Å². The molecule has 1 aliphatic heterocycles.